The molecule has 0 aliphatic heterocycles. The van der Waals surface area contributed by atoms with Gasteiger partial charge in [0.2, 0.25) is 0 Å². The fourth-order valence-electron chi connectivity index (χ4n) is 2.28. The molecule has 0 aliphatic rings. The minimum atomic E-state index is 0.588. The van der Waals surface area contributed by atoms with Crippen LogP contribution in [0.5, 0.6) is 0 Å². The Morgan fingerprint density at radius 1 is 1.21 bits per heavy atom. The van der Waals surface area contributed by atoms with E-state index in [0.717, 1.165) is 41.1 Å². The highest BCUT2D eigenvalue weighted by Crippen LogP contribution is 2.26. The molecule has 2 heterocycles. The van der Waals surface area contributed by atoms with Crippen LogP contribution in [0.1, 0.15) is 12.2 Å². The maximum Gasteiger partial charge on any atom is 0.191 e. The van der Waals surface area contributed by atoms with Crippen LogP contribution < -0.4 is 0 Å². The predicted octanol–water partition coefficient (Wildman–Crippen LogP) is 4.37. The van der Waals surface area contributed by atoms with E-state index in [1.807, 2.05) is 36.4 Å². The minimum absolute atomic E-state index is 0.588. The Morgan fingerprint density at radius 3 is 2.75 bits per heavy atom. The van der Waals surface area contributed by atoms with Crippen LogP contribution in [-0.4, -0.2) is 34.2 Å². The smallest absolute Gasteiger partial charge is 0.191 e. The summed E-state index contributed by atoms with van der Waals surface area (Å²) in [5.74, 6) is 2.59. The molecule has 3 aromatic rings. The fraction of sp³-hybridized carbons (Fsp3) is 0.294. The summed E-state index contributed by atoms with van der Waals surface area (Å²) in [5.41, 5.74) is 0.974. The van der Waals surface area contributed by atoms with Gasteiger partial charge >= 0.3 is 0 Å². The zero-order chi connectivity index (χ0) is 16.8. The molecule has 0 unspecified atom stereocenters. The van der Waals surface area contributed by atoms with E-state index < -0.39 is 0 Å². The topological polar surface area (TPSA) is 53.1 Å². The zero-order valence-corrected chi connectivity index (χ0v) is 14.9. The SMILES string of the molecule is COCCCSc1nnc(-c2ccc(Cl)cc2)n1Cc1ccco1. The van der Waals surface area contributed by atoms with E-state index in [0.29, 0.717) is 11.6 Å². The number of nitrogens with zero attached hydrogens (tertiary/aromatic N) is 3. The van der Waals surface area contributed by atoms with Gasteiger partial charge in [0, 0.05) is 30.1 Å². The molecule has 5 nitrogen and oxygen atoms in total. The number of thioether (sulfide) groups is 1. The number of hydrogen-bond donors (Lipinski definition) is 0. The summed E-state index contributed by atoms with van der Waals surface area (Å²) in [5, 5.41) is 10.3. The largest absolute Gasteiger partial charge is 0.467 e. The van der Waals surface area contributed by atoms with E-state index in [2.05, 4.69) is 14.8 Å². The van der Waals surface area contributed by atoms with Gasteiger partial charge in [0.15, 0.2) is 11.0 Å². The van der Waals surface area contributed by atoms with Crippen molar-refractivity contribution in [2.45, 2.75) is 18.1 Å². The third-order valence-electron chi connectivity index (χ3n) is 3.44. The number of ether oxygens (including phenoxy) is 1. The van der Waals surface area contributed by atoms with Gasteiger partial charge in [-0.1, -0.05) is 23.4 Å². The van der Waals surface area contributed by atoms with Crippen molar-refractivity contribution in [2.75, 3.05) is 19.5 Å². The molecule has 0 N–H and O–H groups in total. The van der Waals surface area contributed by atoms with Crippen molar-refractivity contribution in [1.82, 2.24) is 14.8 Å². The zero-order valence-electron chi connectivity index (χ0n) is 13.3. The van der Waals surface area contributed by atoms with Gasteiger partial charge in [-0.25, -0.2) is 0 Å². The summed E-state index contributed by atoms with van der Waals surface area (Å²) < 4.78 is 12.7. The Morgan fingerprint density at radius 2 is 2.04 bits per heavy atom. The number of hydrogen-bond acceptors (Lipinski definition) is 5. The van der Waals surface area contributed by atoms with Gasteiger partial charge in [-0.3, -0.25) is 4.57 Å². The molecular weight excluding hydrogens is 346 g/mol. The number of aromatic nitrogens is 3. The normalized spacial score (nSPS) is 11.1. The summed E-state index contributed by atoms with van der Waals surface area (Å²) in [6.45, 7) is 1.33. The maximum absolute atomic E-state index is 5.98. The second-order valence-corrected chi connectivity index (χ2v) is 6.67. The van der Waals surface area contributed by atoms with Crippen molar-refractivity contribution in [3.8, 4) is 11.4 Å². The van der Waals surface area contributed by atoms with Crippen LogP contribution in [0.4, 0.5) is 0 Å². The fourth-order valence-corrected chi connectivity index (χ4v) is 3.25. The van der Waals surface area contributed by atoms with Crippen LogP contribution in [-0.2, 0) is 11.3 Å². The summed E-state index contributed by atoms with van der Waals surface area (Å²) in [6.07, 6.45) is 2.64. The lowest BCUT2D eigenvalue weighted by Crippen LogP contribution is -2.04. The van der Waals surface area contributed by atoms with Crippen molar-refractivity contribution < 1.29 is 9.15 Å². The molecule has 0 saturated heterocycles. The Kier molecular flexibility index (Phi) is 5.96. The highest BCUT2D eigenvalue weighted by molar-refractivity contribution is 7.99. The maximum atomic E-state index is 5.98. The van der Waals surface area contributed by atoms with E-state index in [9.17, 15) is 0 Å². The van der Waals surface area contributed by atoms with Crippen LogP contribution >= 0.6 is 23.4 Å². The predicted molar refractivity (Wildman–Crippen MR) is 95.5 cm³/mol. The van der Waals surface area contributed by atoms with Gasteiger partial charge in [0.1, 0.15) is 5.76 Å². The molecule has 0 aliphatic carbocycles. The number of halogens is 1. The average molecular weight is 364 g/mol. The monoisotopic (exact) mass is 363 g/mol. The molecule has 0 saturated carbocycles. The Balaban J connectivity index is 1.87. The molecule has 0 radical (unpaired) electrons. The summed E-state index contributed by atoms with van der Waals surface area (Å²) in [4.78, 5) is 0. The molecule has 0 bridgehead atoms. The average Bonchev–Trinajstić information content (AvgIpc) is 3.24. The molecule has 1 aromatic carbocycles. The van der Waals surface area contributed by atoms with Gasteiger partial charge in [0.25, 0.3) is 0 Å². The molecule has 0 fully saturated rings. The lowest BCUT2D eigenvalue weighted by Gasteiger charge is -2.09. The van der Waals surface area contributed by atoms with Crippen LogP contribution in [0.25, 0.3) is 11.4 Å². The van der Waals surface area contributed by atoms with Crippen LogP contribution in [0.15, 0.2) is 52.2 Å². The minimum Gasteiger partial charge on any atom is -0.467 e. The van der Waals surface area contributed by atoms with Crippen LogP contribution in [0.2, 0.25) is 5.02 Å². The lowest BCUT2D eigenvalue weighted by atomic mass is 10.2. The first-order chi connectivity index (χ1) is 11.8. The molecule has 0 amide bonds. The summed E-state index contributed by atoms with van der Waals surface area (Å²) in [6, 6.07) is 11.4. The molecule has 126 valence electrons. The Labute approximate surface area is 150 Å². The molecule has 3 rings (SSSR count). The van der Waals surface area contributed by atoms with Crippen molar-refractivity contribution in [1.29, 1.82) is 0 Å². The number of furan rings is 1. The molecule has 0 atom stereocenters. The van der Waals surface area contributed by atoms with E-state index in [4.69, 9.17) is 20.8 Å². The van der Waals surface area contributed by atoms with Crippen molar-refractivity contribution >= 4 is 23.4 Å². The van der Waals surface area contributed by atoms with Gasteiger partial charge in [0.05, 0.1) is 12.8 Å². The second kappa shape index (κ2) is 8.37. The third-order valence-corrected chi connectivity index (χ3v) is 4.74. The third kappa shape index (κ3) is 4.20. The first-order valence-corrected chi connectivity index (χ1v) is 8.97. The van der Waals surface area contributed by atoms with Gasteiger partial charge in [-0.15, -0.1) is 10.2 Å². The standard InChI is InChI=1S/C17H18ClN3O2S/c1-22-9-3-11-24-17-20-19-16(13-5-7-14(18)8-6-13)21(17)12-15-4-2-10-23-15/h2,4-8,10H,3,9,11-12H2,1H3. The molecular formula is C17H18ClN3O2S. The molecule has 7 heteroatoms. The van der Waals surface area contributed by atoms with E-state index >= 15 is 0 Å². The van der Waals surface area contributed by atoms with Crippen molar-refractivity contribution in [3.63, 3.8) is 0 Å². The van der Waals surface area contributed by atoms with Crippen molar-refractivity contribution in [3.05, 3.63) is 53.4 Å². The molecule has 0 spiro atoms. The van der Waals surface area contributed by atoms with Crippen molar-refractivity contribution in [2.24, 2.45) is 0 Å². The van der Waals surface area contributed by atoms with Gasteiger partial charge in [-0.2, -0.15) is 0 Å². The first-order valence-electron chi connectivity index (χ1n) is 7.61. The van der Waals surface area contributed by atoms with E-state index in [1.165, 1.54) is 0 Å². The molecule has 24 heavy (non-hydrogen) atoms. The van der Waals surface area contributed by atoms with Gasteiger partial charge < -0.3 is 9.15 Å². The first kappa shape index (κ1) is 17.1. The highest BCUT2D eigenvalue weighted by Gasteiger charge is 2.15. The second-order valence-electron chi connectivity index (χ2n) is 5.17. The summed E-state index contributed by atoms with van der Waals surface area (Å²) in [7, 11) is 1.71. The Bertz CT molecular complexity index is 757. The highest BCUT2D eigenvalue weighted by atomic mass is 35.5. The lowest BCUT2D eigenvalue weighted by molar-refractivity contribution is 0.200. The van der Waals surface area contributed by atoms with E-state index in [-0.39, 0.29) is 0 Å². The number of benzene rings is 1. The number of methoxy groups -OCH3 is 1. The summed E-state index contributed by atoms with van der Waals surface area (Å²) >= 11 is 7.65. The van der Waals surface area contributed by atoms with E-state index in [1.54, 1.807) is 25.1 Å². The molecule has 2 aromatic heterocycles. The number of rotatable bonds is 8. The Hall–Kier alpha value is -1.76. The van der Waals surface area contributed by atoms with Gasteiger partial charge in [-0.05, 0) is 42.8 Å². The quantitative estimate of drug-likeness (QED) is 0.439. The van der Waals surface area contributed by atoms with Crippen LogP contribution in [0.3, 0.4) is 0 Å². The van der Waals surface area contributed by atoms with Crippen LogP contribution in [0, 0.1) is 0 Å².